The van der Waals surface area contributed by atoms with Crippen LogP contribution in [0.4, 0.5) is 0 Å². The molecule has 7 heteroatoms. The lowest BCUT2D eigenvalue weighted by Crippen LogP contribution is -2.72. The fourth-order valence-corrected chi connectivity index (χ4v) is 1.80. The minimum atomic E-state index is -0.920. The number of hydrogen-bond donors (Lipinski definition) is 4. The van der Waals surface area contributed by atoms with Crippen LogP contribution in [0.2, 0.25) is 0 Å². The molecule has 0 aliphatic carbocycles. The molecule has 122 valence electrons. The van der Waals surface area contributed by atoms with Gasteiger partial charge in [-0.15, -0.1) is 0 Å². The number of aromatic hydroxyl groups is 1. The van der Waals surface area contributed by atoms with E-state index in [0.717, 1.165) is 5.56 Å². The highest BCUT2D eigenvalue weighted by Gasteiger charge is 2.29. The predicted molar refractivity (Wildman–Crippen MR) is 78.7 cm³/mol. The third-order valence-corrected chi connectivity index (χ3v) is 3.18. The molecule has 1 amide bonds. The Morgan fingerprint density at radius 1 is 1.32 bits per heavy atom. The molecule has 0 aromatic heterocycles. The van der Waals surface area contributed by atoms with E-state index in [4.69, 9.17) is 4.74 Å². The fraction of sp³-hybridized carbons (Fsp3) is 0.467. The van der Waals surface area contributed by atoms with Gasteiger partial charge in [0.25, 0.3) is 5.91 Å². The number of esters is 1. The lowest BCUT2D eigenvalue weighted by Gasteiger charge is -2.19. The van der Waals surface area contributed by atoms with Crippen LogP contribution in [0.5, 0.6) is 5.75 Å². The van der Waals surface area contributed by atoms with Crippen LogP contribution in [0.25, 0.3) is 0 Å². The lowest BCUT2D eigenvalue weighted by molar-refractivity contribution is -0.419. The van der Waals surface area contributed by atoms with E-state index in [9.17, 15) is 19.8 Å². The molecule has 1 rings (SSSR count). The Kier molecular flexibility index (Phi) is 6.81. The van der Waals surface area contributed by atoms with Crippen LogP contribution in [-0.2, 0) is 20.7 Å². The van der Waals surface area contributed by atoms with E-state index in [1.54, 1.807) is 19.1 Å². The molecule has 0 saturated carbocycles. The molecule has 0 heterocycles. The van der Waals surface area contributed by atoms with Crippen molar-refractivity contribution < 1.29 is 30.3 Å². The van der Waals surface area contributed by atoms with Gasteiger partial charge in [-0.05, 0) is 31.5 Å². The normalized spacial score (nSPS) is 14.7. The Balaban J connectivity index is 2.82. The minimum absolute atomic E-state index is 0.118. The predicted octanol–water partition coefficient (Wildman–Crippen LogP) is -1.03. The summed E-state index contributed by atoms with van der Waals surface area (Å²) in [7, 11) is 0. The van der Waals surface area contributed by atoms with Crippen LogP contribution in [0.1, 0.15) is 19.4 Å². The Morgan fingerprint density at radius 3 is 2.41 bits per heavy atom. The molecule has 1 aromatic rings. The van der Waals surface area contributed by atoms with Gasteiger partial charge in [0.05, 0.1) is 6.61 Å². The van der Waals surface area contributed by atoms with E-state index in [2.05, 4.69) is 11.1 Å². The zero-order valence-corrected chi connectivity index (χ0v) is 12.8. The van der Waals surface area contributed by atoms with Crippen molar-refractivity contribution in [3.63, 3.8) is 0 Å². The van der Waals surface area contributed by atoms with Crippen LogP contribution in [0, 0.1) is 0 Å². The molecular weight excluding hydrogens is 288 g/mol. The molecule has 0 spiro atoms. The number of phenolic OH excluding ortho intramolecular Hbond substituents is 1. The van der Waals surface area contributed by atoms with E-state index in [-0.39, 0.29) is 18.8 Å². The number of phenols is 1. The summed E-state index contributed by atoms with van der Waals surface area (Å²) in [5.41, 5.74) is 4.33. The number of amides is 1. The van der Waals surface area contributed by atoms with Gasteiger partial charge in [-0.1, -0.05) is 12.1 Å². The average molecular weight is 311 g/mol. The number of aliphatic hydroxyl groups excluding tert-OH is 1. The molecule has 7 nitrogen and oxygen atoms in total. The topological polar surface area (TPSA) is 124 Å². The van der Waals surface area contributed by atoms with Crippen molar-refractivity contribution in [2.45, 2.75) is 38.5 Å². The smallest absolute Gasteiger partial charge is 0.328 e. The summed E-state index contributed by atoms with van der Waals surface area (Å²) < 4.78 is 4.96. The molecule has 0 fully saturated rings. The van der Waals surface area contributed by atoms with Gasteiger partial charge in [-0.3, -0.25) is 4.79 Å². The quantitative estimate of drug-likeness (QED) is 0.480. The third-order valence-electron chi connectivity index (χ3n) is 3.18. The maximum atomic E-state index is 12.0. The maximum Gasteiger partial charge on any atom is 0.328 e. The number of carbonyl (C=O) groups is 2. The molecule has 3 atom stereocenters. The lowest BCUT2D eigenvalue weighted by atomic mass is 10.0. The van der Waals surface area contributed by atoms with E-state index >= 15 is 0 Å². The molecule has 0 unspecified atom stereocenters. The number of rotatable bonds is 7. The molecule has 0 saturated heterocycles. The van der Waals surface area contributed by atoms with Gasteiger partial charge in [0, 0.05) is 6.42 Å². The van der Waals surface area contributed by atoms with Crippen molar-refractivity contribution in [2.24, 2.45) is 0 Å². The number of nitrogens with one attached hydrogen (secondary N) is 1. The van der Waals surface area contributed by atoms with Crippen molar-refractivity contribution in [3.8, 4) is 5.75 Å². The first-order valence-electron chi connectivity index (χ1n) is 7.11. The summed E-state index contributed by atoms with van der Waals surface area (Å²) in [6.45, 7) is 3.33. The molecule has 0 aliphatic heterocycles. The maximum absolute atomic E-state index is 12.0. The summed E-state index contributed by atoms with van der Waals surface area (Å²) in [5.74, 6) is -0.957. The molecule has 0 bridgehead atoms. The molecular formula is C15H23N2O5+. The standard InChI is InChI=1S/C15H22N2O5/c1-3-22-15(21)12(17-14(20)13(16)9(2)18)8-10-4-6-11(19)7-5-10/h4-7,9,12-13,18-19H,3,8,16H2,1-2H3,(H,17,20)/p+1/t9-,12+,13-/m1/s1. The number of benzene rings is 1. The van der Waals surface area contributed by atoms with Gasteiger partial charge >= 0.3 is 5.97 Å². The molecule has 22 heavy (non-hydrogen) atoms. The van der Waals surface area contributed by atoms with Gasteiger partial charge in [-0.25, -0.2) is 4.79 Å². The second kappa shape index (κ2) is 8.35. The SMILES string of the molecule is CCOC(=O)[C@H](Cc1ccc(O)cc1)NC(=O)[C@H]([NH3+])[C@@H](C)O. The Labute approximate surface area is 129 Å². The second-order valence-electron chi connectivity index (χ2n) is 5.03. The van der Waals surface area contributed by atoms with Gasteiger partial charge in [0.15, 0.2) is 6.04 Å². The highest BCUT2D eigenvalue weighted by molar-refractivity contribution is 5.87. The van der Waals surface area contributed by atoms with Crippen molar-refractivity contribution in [2.75, 3.05) is 6.61 Å². The first kappa shape index (κ1) is 17.9. The Bertz CT molecular complexity index is 501. The van der Waals surface area contributed by atoms with E-state index in [1.165, 1.54) is 19.1 Å². The Morgan fingerprint density at radius 2 is 1.91 bits per heavy atom. The first-order valence-corrected chi connectivity index (χ1v) is 7.11. The zero-order valence-electron chi connectivity index (χ0n) is 12.8. The number of carbonyl (C=O) groups excluding carboxylic acids is 2. The van der Waals surface area contributed by atoms with Crippen LogP contribution < -0.4 is 11.1 Å². The summed E-state index contributed by atoms with van der Waals surface area (Å²) in [4.78, 5) is 23.9. The van der Waals surface area contributed by atoms with Gasteiger partial charge in [0.2, 0.25) is 0 Å². The van der Waals surface area contributed by atoms with E-state index < -0.39 is 30.1 Å². The Hall–Kier alpha value is -2.12. The average Bonchev–Trinajstić information content (AvgIpc) is 2.47. The number of aliphatic hydroxyl groups is 1. The second-order valence-corrected chi connectivity index (χ2v) is 5.03. The van der Waals surface area contributed by atoms with Crippen molar-refractivity contribution in [1.82, 2.24) is 5.32 Å². The highest BCUT2D eigenvalue weighted by atomic mass is 16.5. The zero-order chi connectivity index (χ0) is 16.7. The van der Waals surface area contributed by atoms with E-state index in [0.29, 0.717) is 0 Å². The van der Waals surface area contributed by atoms with E-state index in [1.807, 2.05) is 0 Å². The van der Waals surface area contributed by atoms with Crippen LogP contribution in [-0.4, -0.2) is 46.9 Å². The van der Waals surface area contributed by atoms with Crippen LogP contribution in [0.3, 0.4) is 0 Å². The number of hydrogen-bond acceptors (Lipinski definition) is 5. The molecule has 1 aromatic carbocycles. The van der Waals surface area contributed by atoms with Crippen LogP contribution >= 0.6 is 0 Å². The molecule has 0 radical (unpaired) electrons. The van der Waals surface area contributed by atoms with Gasteiger partial charge < -0.3 is 26.0 Å². The fourth-order valence-electron chi connectivity index (χ4n) is 1.80. The summed E-state index contributed by atoms with van der Waals surface area (Å²) >= 11 is 0. The van der Waals surface area contributed by atoms with Crippen LogP contribution in [0.15, 0.2) is 24.3 Å². The van der Waals surface area contributed by atoms with Crippen molar-refractivity contribution >= 4 is 11.9 Å². The van der Waals surface area contributed by atoms with Gasteiger partial charge in [0.1, 0.15) is 17.9 Å². The van der Waals surface area contributed by atoms with Crippen molar-refractivity contribution in [1.29, 1.82) is 0 Å². The number of ether oxygens (including phenoxy) is 1. The summed E-state index contributed by atoms with van der Waals surface area (Å²) in [6.07, 6.45) is -0.700. The third kappa shape index (κ3) is 5.34. The summed E-state index contributed by atoms with van der Waals surface area (Å²) in [5, 5.41) is 21.2. The molecule has 6 N–H and O–H groups in total. The summed E-state index contributed by atoms with van der Waals surface area (Å²) in [6, 6.07) is 4.56. The van der Waals surface area contributed by atoms with Crippen molar-refractivity contribution in [3.05, 3.63) is 29.8 Å². The number of quaternary nitrogens is 1. The monoisotopic (exact) mass is 311 g/mol. The molecule has 0 aliphatic rings. The minimum Gasteiger partial charge on any atom is -0.508 e. The largest absolute Gasteiger partial charge is 0.508 e. The first-order chi connectivity index (χ1) is 10.3. The van der Waals surface area contributed by atoms with Gasteiger partial charge in [-0.2, -0.15) is 0 Å². The highest BCUT2D eigenvalue weighted by Crippen LogP contribution is 2.12.